The van der Waals surface area contributed by atoms with Crippen molar-refractivity contribution in [1.82, 2.24) is 20.3 Å². The molecule has 1 aliphatic rings. The average molecular weight is 469 g/mol. The highest BCUT2D eigenvalue weighted by atomic mass is 32.1. The third-order valence-corrected chi connectivity index (χ3v) is 4.80. The summed E-state index contributed by atoms with van der Waals surface area (Å²) < 4.78 is 62.2. The van der Waals surface area contributed by atoms with Crippen molar-refractivity contribution < 1.29 is 31.8 Å². The molecule has 2 aromatic carbocycles. The summed E-state index contributed by atoms with van der Waals surface area (Å²) >= 11 is 4.66. The van der Waals surface area contributed by atoms with Gasteiger partial charge in [0.05, 0.1) is 24.3 Å². The van der Waals surface area contributed by atoms with E-state index in [0.29, 0.717) is 11.0 Å². The van der Waals surface area contributed by atoms with Gasteiger partial charge < -0.3 is 14.8 Å². The molecule has 0 aliphatic carbocycles. The molecule has 4 rings (SSSR count). The highest BCUT2D eigenvalue weighted by Crippen LogP contribution is 2.26. The van der Waals surface area contributed by atoms with Gasteiger partial charge in [-0.15, -0.1) is 5.10 Å². The molecular weight excluding hydrogens is 454 g/mol. The smallest absolute Gasteiger partial charge is 0.422 e. The van der Waals surface area contributed by atoms with Gasteiger partial charge in [0, 0.05) is 0 Å². The quantitative estimate of drug-likeness (QED) is 0.454. The second-order valence-corrected chi connectivity index (χ2v) is 7.19. The normalized spacial score (nSPS) is 16.3. The number of para-hydroxylation sites is 1. The molecule has 0 saturated carbocycles. The number of halogens is 4. The summed E-state index contributed by atoms with van der Waals surface area (Å²) in [5.74, 6) is -0.630. The highest BCUT2D eigenvalue weighted by Gasteiger charge is 2.33. The summed E-state index contributed by atoms with van der Waals surface area (Å²) in [7, 11) is 0. The molecule has 1 fully saturated rings. The third kappa shape index (κ3) is 4.72. The van der Waals surface area contributed by atoms with E-state index in [1.54, 1.807) is 24.3 Å². The van der Waals surface area contributed by atoms with Crippen LogP contribution in [0.2, 0.25) is 0 Å². The molecule has 1 aliphatic heterocycles. The van der Waals surface area contributed by atoms with E-state index < -0.39 is 36.0 Å². The van der Waals surface area contributed by atoms with Crippen LogP contribution in [0, 0.1) is 5.82 Å². The molecule has 13 heteroatoms. The van der Waals surface area contributed by atoms with Crippen LogP contribution in [0.15, 0.2) is 42.5 Å². The summed E-state index contributed by atoms with van der Waals surface area (Å²) in [6.45, 7) is -1.55. The van der Waals surface area contributed by atoms with Gasteiger partial charge in [-0.05, 0) is 42.5 Å². The highest BCUT2D eigenvalue weighted by molar-refractivity contribution is 7.80. The fourth-order valence-corrected chi connectivity index (χ4v) is 3.26. The summed E-state index contributed by atoms with van der Waals surface area (Å²) in [5.41, 5.74) is 1.63. The minimum Gasteiger partial charge on any atom is -0.461 e. The van der Waals surface area contributed by atoms with Crippen LogP contribution in [-0.4, -0.2) is 58.2 Å². The maximum absolute atomic E-state index is 14.8. The lowest BCUT2D eigenvalue weighted by Crippen LogP contribution is -2.36. The van der Waals surface area contributed by atoms with E-state index in [4.69, 9.17) is 4.74 Å². The molecule has 1 atom stereocenters. The first-order chi connectivity index (χ1) is 15.2. The Labute approximate surface area is 183 Å². The molecule has 168 valence electrons. The second-order valence-electron chi connectivity index (χ2n) is 6.81. The summed E-state index contributed by atoms with van der Waals surface area (Å²) in [6, 6.07) is 11.2. The Morgan fingerprint density at radius 3 is 2.81 bits per heavy atom. The van der Waals surface area contributed by atoms with Gasteiger partial charge in [0.25, 0.3) is 5.17 Å². The molecule has 0 unspecified atom stereocenters. The van der Waals surface area contributed by atoms with Crippen molar-refractivity contribution in [3.63, 3.8) is 0 Å². The van der Waals surface area contributed by atoms with Crippen molar-refractivity contribution in [3.05, 3.63) is 48.3 Å². The van der Waals surface area contributed by atoms with Crippen molar-refractivity contribution >= 4 is 40.2 Å². The van der Waals surface area contributed by atoms with E-state index in [0.717, 1.165) is 0 Å². The molecule has 3 aromatic rings. The largest absolute Gasteiger partial charge is 0.461 e. The van der Waals surface area contributed by atoms with Crippen LogP contribution in [0.1, 0.15) is 0 Å². The summed E-state index contributed by atoms with van der Waals surface area (Å²) in [6.07, 6.45) is -5.97. The number of fused-ring (bicyclic) bond motifs is 1. The Morgan fingerprint density at radius 1 is 1.28 bits per heavy atom. The first-order valence-corrected chi connectivity index (χ1v) is 9.68. The predicted molar refractivity (Wildman–Crippen MR) is 109 cm³/mol. The van der Waals surface area contributed by atoms with Gasteiger partial charge in [0.15, 0.2) is 12.4 Å². The van der Waals surface area contributed by atoms with Crippen LogP contribution in [0.4, 0.5) is 28.0 Å². The zero-order valence-corrected chi connectivity index (χ0v) is 17.0. The lowest BCUT2D eigenvalue weighted by molar-refractivity contribution is -0.156. The number of amides is 1. The number of ether oxygens (including phenoxy) is 2. The van der Waals surface area contributed by atoms with Crippen LogP contribution >= 0.6 is 12.2 Å². The Bertz CT molecular complexity index is 1170. The second kappa shape index (κ2) is 8.57. The maximum Gasteiger partial charge on any atom is 0.422 e. The zero-order chi connectivity index (χ0) is 22.9. The number of rotatable bonds is 5. The molecule has 0 radical (unpaired) electrons. The van der Waals surface area contributed by atoms with E-state index >= 15 is 0 Å². The van der Waals surface area contributed by atoms with Crippen LogP contribution in [-0.2, 0) is 9.47 Å². The first-order valence-electron chi connectivity index (χ1n) is 9.27. The number of aromatic nitrogens is 3. The van der Waals surface area contributed by atoms with E-state index in [9.17, 15) is 22.4 Å². The molecule has 1 saturated heterocycles. The number of carbonyl (C=O) groups excluding carboxylic acids is 1. The zero-order valence-electron chi connectivity index (χ0n) is 16.2. The minimum absolute atomic E-state index is 0.0404. The third-order valence-electron chi connectivity index (χ3n) is 4.54. The predicted octanol–water partition coefficient (Wildman–Crippen LogP) is 3.34. The molecule has 8 nitrogen and oxygen atoms in total. The van der Waals surface area contributed by atoms with Gasteiger partial charge in [-0.1, -0.05) is 17.3 Å². The lowest BCUT2D eigenvalue weighted by atomic mass is 10.2. The fourth-order valence-electron chi connectivity index (χ4n) is 3.12. The molecular formula is C19H15F4N5O3S. The number of thiocarbonyl (C=S) groups is 1. The molecule has 0 bridgehead atoms. The Balaban J connectivity index is 1.41. The van der Waals surface area contributed by atoms with Gasteiger partial charge >= 0.3 is 12.3 Å². The topological polar surface area (TPSA) is 81.5 Å². The minimum atomic E-state index is -4.52. The summed E-state index contributed by atoms with van der Waals surface area (Å²) in [5, 5.41) is 9.95. The van der Waals surface area contributed by atoms with Crippen molar-refractivity contribution in [1.29, 1.82) is 0 Å². The maximum atomic E-state index is 14.8. The number of hydrogen-bond donors (Lipinski definition) is 1. The van der Waals surface area contributed by atoms with Gasteiger partial charge in [-0.25, -0.2) is 13.9 Å². The molecule has 32 heavy (non-hydrogen) atoms. The fraction of sp³-hybridized carbons (Fsp3) is 0.263. The number of nitrogens with one attached hydrogen (secondary N) is 1. The van der Waals surface area contributed by atoms with Crippen molar-refractivity contribution in [2.75, 3.05) is 24.6 Å². The van der Waals surface area contributed by atoms with Crippen molar-refractivity contribution in [2.45, 2.75) is 12.3 Å². The summed E-state index contributed by atoms with van der Waals surface area (Å²) in [4.78, 5) is 13.4. The van der Waals surface area contributed by atoms with Gasteiger partial charge in [0.1, 0.15) is 17.3 Å². The number of benzene rings is 2. The Kier molecular flexibility index (Phi) is 5.82. The van der Waals surface area contributed by atoms with Gasteiger partial charge in [-0.3, -0.25) is 4.90 Å². The molecule has 0 spiro atoms. The average Bonchev–Trinajstić information content (AvgIpc) is 3.33. The van der Waals surface area contributed by atoms with E-state index in [1.165, 1.54) is 27.8 Å². The van der Waals surface area contributed by atoms with Gasteiger partial charge in [-0.2, -0.15) is 13.2 Å². The number of hydrogen-bond acceptors (Lipinski definition) is 6. The molecule has 2 heterocycles. The van der Waals surface area contributed by atoms with Crippen molar-refractivity contribution in [2.24, 2.45) is 0 Å². The number of carbonyl (C=O) groups is 1. The number of anilines is 1. The van der Waals surface area contributed by atoms with Crippen LogP contribution in [0.3, 0.4) is 0 Å². The Morgan fingerprint density at radius 2 is 2.06 bits per heavy atom. The van der Waals surface area contributed by atoms with E-state index in [1.807, 2.05) is 0 Å². The van der Waals surface area contributed by atoms with Crippen molar-refractivity contribution in [3.8, 4) is 5.69 Å². The van der Waals surface area contributed by atoms with Crippen LogP contribution < -0.4 is 10.2 Å². The monoisotopic (exact) mass is 469 g/mol. The SMILES string of the molecule is O=C1O[C@@H](CNC(=S)OCC(F)(F)F)CN1c1ccc(-n2nnc3ccccc32)c(F)c1. The Hall–Kier alpha value is -3.48. The molecule has 1 aromatic heterocycles. The van der Waals surface area contributed by atoms with Crippen LogP contribution in [0.5, 0.6) is 0 Å². The lowest BCUT2D eigenvalue weighted by Gasteiger charge is -2.15. The molecule has 1 N–H and O–H groups in total. The number of nitrogens with zero attached hydrogens (tertiary/aromatic N) is 4. The van der Waals surface area contributed by atoms with E-state index in [-0.39, 0.29) is 24.5 Å². The standard InChI is InChI=1S/C19H15F4N5O3S/c20-13-7-11(5-6-15(13)28-16-4-2-1-3-14(16)25-26-28)27-9-12(31-18(27)29)8-24-17(32)30-10-19(21,22)23/h1-7,12H,8-10H2,(H,24,32)/t12-/m0/s1. The number of cyclic esters (lactones) is 1. The van der Waals surface area contributed by atoms with Gasteiger partial charge in [0.2, 0.25) is 0 Å². The van der Waals surface area contributed by atoms with Crippen LogP contribution in [0.25, 0.3) is 16.7 Å². The van der Waals surface area contributed by atoms with E-state index in [2.05, 4.69) is 32.6 Å². The number of alkyl halides is 3. The molecule has 1 amide bonds. The first kappa shape index (κ1) is 21.7.